The number of hydrogen-bond acceptors (Lipinski definition) is 2. The first-order chi connectivity index (χ1) is 5.77. The normalized spacial score (nSPS) is 55.8. The number of ether oxygens (including phenoxy) is 1. The van der Waals surface area contributed by atoms with Crippen molar-refractivity contribution < 1.29 is 9.53 Å². The topological polar surface area (TPSA) is 26.3 Å². The molecule has 4 aliphatic rings. The third-order valence-corrected chi connectivity index (χ3v) is 4.29. The molecule has 0 unspecified atom stereocenters. The lowest BCUT2D eigenvalue weighted by atomic mass is 9.64. The minimum atomic E-state index is 0.0119. The standard InChI is InChI=1S/C9H11ClO2/c10-7-4-1-2-5-6(3-4)9(11)12-8(5)7/h4-8H,1-3H2/t4-,5+,6-,7-,8-/m0/s1. The molecule has 4 fully saturated rings. The fourth-order valence-corrected chi connectivity index (χ4v) is 3.53. The lowest BCUT2D eigenvalue weighted by molar-refractivity contribution is -0.143. The van der Waals surface area contributed by atoms with Gasteiger partial charge in [0.15, 0.2) is 0 Å². The Balaban J connectivity index is 2.00. The van der Waals surface area contributed by atoms with Gasteiger partial charge in [0.25, 0.3) is 0 Å². The van der Waals surface area contributed by atoms with E-state index >= 15 is 0 Å². The summed E-state index contributed by atoms with van der Waals surface area (Å²) < 4.78 is 5.26. The number of esters is 1. The predicted molar refractivity (Wildman–Crippen MR) is 43.8 cm³/mol. The SMILES string of the molecule is O=C1O[C@@H]2[C@@H](Cl)[C@H]3CC[C@@H]2[C@@H]1C3. The maximum Gasteiger partial charge on any atom is 0.309 e. The Bertz CT molecular complexity index is 241. The Morgan fingerprint density at radius 3 is 3.00 bits per heavy atom. The smallest absolute Gasteiger partial charge is 0.309 e. The minimum absolute atomic E-state index is 0.0119. The van der Waals surface area contributed by atoms with E-state index in [9.17, 15) is 4.79 Å². The number of carbonyl (C=O) groups is 1. The summed E-state index contributed by atoms with van der Waals surface area (Å²) >= 11 is 6.19. The van der Waals surface area contributed by atoms with E-state index in [1.54, 1.807) is 0 Å². The Hall–Kier alpha value is -0.240. The van der Waals surface area contributed by atoms with Crippen LogP contribution in [0.25, 0.3) is 0 Å². The van der Waals surface area contributed by atoms with Gasteiger partial charge in [0.1, 0.15) is 6.10 Å². The van der Waals surface area contributed by atoms with E-state index in [0.29, 0.717) is 11.8 Å². The van der Waals surface area contributed by atoms with Crippen LogP contribution in [-0.2, 0) is 9.53 Å². The first kappa shape index (κ1) is 7.19. The molecule has 5 atom stereocenters. The van der Waals surface area contributed by atoms with Crippen molar-refractivity contribution in [3.05, 3.63) is 0 Å². The van der Waals surface area contributed by atoms with Gasteiger partial charge in [0.2, 0.25) is 0 Å². The van der Waals surface area contributed by atoms with E-state index in [1.807, 2.05) is 0 Å². The lowest BCUT2D eigenvalue weighted by Crippen LogP contribution is -2.45. The van der Waals surface area contributed by atoms with Gasteiger partial charge in [-0.2, -0.15) is 0 Å². The maximum absolute atomic E-state index is 11.3. The molecule has 3 heteroatoms. The molecule has 0 N–H and O–H groups in total. The molecule has 0 aromatic rings. The van der Waals surface area contributed by atoms with Crippen LogP contribution in [0.3, 0.4) is 0 Å². The second-order valence-electron chi connectivity index (χ2n) is 4.19. The molecule has 3 saturated carbocycles. The monoisotopic (exact) mass is 186 g/mol. The number of halogens is 1. The first-order valence-corrected chi connectivity index (χ1v) is 5.05. The minimum Gasteiger partial charge on any atom is -0.460 e. The first-order valence-electron chi connectivity index (χ1n) is 4.62. The second kappa shape index (κ2) is 2.16. The number of carbonyl (C=O) groups excluding carboxylic acids is 1. The number of hydrogen-bond donors (Lipinski definition) is 0. The van der Waals surface area contributed by atoms with Crippen LogP contribution in [0.4, 0.5) is 0 Å². The molecular weight excluding hydrogens is 176 g/mol. The summed E-state index contributed by atoms with van der Waals surface area (Å²) in [4.78, 5) is 11.3. The van der Waals surface area contributed by atoms with Crippen LogP contribution in [-0.4, -0.2) is 17.5 Å². The predicted octanol–water partition coefficient (Wildman–Crippen LogP) is 1.57. The van der Waals surface area contributed by atoms with Crippen LogP contribution in [0.15, 0.2) is 0 Å². The molecule has 0 radical (unpaired) electrons. The molecule has 2 nitrogen and oxygen atoms in total. The maximum atomic E-state index is 11.3. The average molecular weight is 187 g/mol. The van der Waals surface area contributed by atoms with Gasteiger partial charge in [-0.05, 0) is 25.2 Å². The van der Waals surface area contributed by atoms with Crippen molar-refractivity contribution in [2.24, 2.45) is 17.8 Å². The van der Waals surface area contributed by atoms with Gasteiger partial charge in [-0.15, -0.1) is 11.6 Å². The Morgan fingerprint density at radius 2 is 2.25 bits per heavy atom. The molecule has 66 valence electrons. The Morgan fingerprint density at radius 1 is 1.42 bits per heavy atom. The van der Waals surface area contributed by atoms with E-state index in [-0.39, 0.29) is 23.4 Å². The largest absolute Gasteiger partial charge is 0.460 e. The van der Waals surface area contributed by atoms with Crippen LogP contribution in [0.2, 0.25) is 0 Å². The van der Waals surface area contributed by atoms with E-state index in [0.717, 1.165) is 12.8 Å². The fourth-order valence-electron chi connectivity index (χ4n) is 3.06. The molecule has 1 aliphatic heterocycles. The molecule has 4 rings (SSSR count). The van der Waals surface area contributed by atoms with Crippen molar-refractivity contribution in [3.63, 3.8) is 0 Å². The summed E-state index contributed by atoms with van der Waals surface area (Å²) in [6.07, 6.45) is 3.38. The van der Waals surface area contributed by atoms with E-state index in [4.69, 9.17) is 16.3 Å². The zero-order valence-electron chi connectivity index (χ0n) is 6.70. The number of alkyl halides is 1. The molecule has 4 bridgehead atoms. The third kappa shape index (κ3) is 0.698. The molecule has 1 heterocycles. The molecule has 3 aliphatic carbocycles. The van der Waals surface area contributed by atoms with E-state index in [2.05, 4.69) is 0 Å². The summed E-state index contributed by atoms with van der Waals surface area (Å²) in [5, 5.41) is 0.103. The van der Waals surface area contributed by atoms with Crippen LogP contribution < -0.4 is 0 Å². The summed E-state index contributed by atoms with van der Waals surface area (Å²) in [7, 11) is 0. The zero-order valence-corrected chi connectivity index (χ0v) is 7.46. The quantitative estimate of drug-likeness (QED) is 0.424. The van der Waals surface area contributed by atoms with Gasteiger partial charge in [0.05, 0.1) is 11.3 Å². The molecular formula is C9H11ClO2. The zero-order chi connectivity index (χ0) is 8.29. The van der Waals surface area contributed by atoms with Gasteiger partial charge < -0.3 is 4.74 Å². The van der Waals surface area contributed by atoms with Crippen molar-refractivity contribution in [1.29, 1.82) is 0 Å². The number of fused-ring (bicyclic) bond motifs is 1. The molecule has 0 aromatic heterocycles. The molecule has 0 aromatic carbocycles. The van der Waals surface area contributed by atoms with Gasteiger partial charge in [-0.1, -0.05) is 0 Å². The Labute approximate surface area is 76.2 Å². The Kier molecular flexibility index (Phi) is 1.30. The highest BCUT2D eigenvalue weighted by molar-refractivity contribution is 6.21. The molecule has 12 heavy (non-hydrogen) atoms. The van der Waals surface area contributed by atoms with Crippen LogP contribution in [0.5, 0.6) is 0 Å². The molecule has 0 amide bonds. The van der Waals surface area contributed by atoms with Crippen molar-refractivity contribution in [2.75, 3.05) is 0 Å². The van der Waals surface area contributed by atoms with Crippen molar-refractivity contribution in [2.45, 2.75) is 30.7 Å². The highest BCUT2D eigenvalue weighted by Crippen LogP contribution is 2.52. The highest BCUT2D eigenvalue weighted by Gasteiger charge is 2.57. The average Bonchev–Trinajstić information content (AvgIpc) is 2.37. The third-order valence-electron chi connectivity index (χ3n) is 3.69. The lowest BCUT2D eigenvalue weighted by Gasteiger charge is -2.41. The van der Waals surface area contributed by atoms with Gasteiger partial charge in [-0.3, -0.25) is 4.79 Å². The van der Waals surface area contributed by atoms with Gasteiger partial charge in [0, 0.05) is 5.92 Å². The van der Waals surface area contributed by atoms with Crippen molar-refractivity contribution >= 4 is 17.6 Å². The summed E-state index contributed by atoms with van der Waals surface area (Å²) in [6, 6.07) is 0. The summed E-state index contributed by atoms with van der Waals surface area (Å²) in [5.41, 5.74) is 0. The van der Waals surface area contributed by atoms with Crippen LogP contribution in [0, 0.1) is 17.8 Å². The number of rotatable bonds is 0. The highest BCUT2D eigenvalue weighted by atomic mass is 35.5. The second-order valence-corrected chi connectivity index (χ2v) is 4.69. The van der Waals surface area contributed by atoms with Gasteiger partial charge >= 0.3 is 5.97 Å². The summed E-state index contributed by atoms with van der Waals surface area (Å²) in [6.45, 7) is 0. The van der Waals surface area contributed by atoms with E-state index in [1.165, 1.54) is 6.42 Å². The molecule has 0 spiro atoms. The van der Waals surface area contributed by atoms with E-state index < -0.39 is 0 Å². The molecule has 1 saturated heterocycles. The van der Waals surface area contributed by atoms with Crippen molar-refractivity contribution in [3.8, 4) is 0 Å². The van der Waals surface area contributed by atoms with Crippen molar-refractivity contribution in [1.82, 2.24) is 0 Å². The van der Waals surface area contributed by atoms with Crippen LogP contribution in [0.1, 0.15) is 19.3 Å². The van der Waals surface area contributed by atoms with Crippen LogP contribution >= 0.6 is 11.6 Å². The fraction of sp³-hybridized carbons (Fsp3) is 0.889. The van der Waals surface area contributed by atoms with Gasteiger partial charge in [-0.25, -0.2) is 0 Å². The summed E-state index contributed by atoms with van der Waals surface area (Å²) in [5.74, 6) is 1.20.